The summed E-state index contributed by atoms with van der Waals surface area (Å²) in [5.74, 6) is 0.986. The number of hydrogen-bond acceptors (Lipinski definition) is 3. The molecule has 0 saturated heterocycles. The summed E-state index contributed by atoms with van der Waals surface area (Å²) >= 11 is 6.19. The zero-order valence-electron chi connectivity index (χ0n) is 11.7. The van der Waals surface area contributed by atoms with E-state index in [1.54, 1.807) is 0 Å². The van der Waals surface area contributed by atoms with Gasteiger partial charge in [0, 0.05) is 34.8 Å². The van der Waals surface area contributed by atoms with Gasteiger partial charge in [0.2, 0.25) is 0 Å². The van der Waals surface area contributed by atoms with Gasteiger partial charge in [-0.1, -0.05) is 11.6 Å². The van der Waals surface area contributed by atoms with Crippen molar-refractivity contribution in [2.45, 2.75) is 26.4 Å². The third-order valence-corrected chi connectivity index (χ3v) is 3.94. The molecule has 3 rings (SSSR count). The second-order valence-corrected chi connectivity index (χ2v) is 5.53. The highest BCUT2D eigenvalue weighted by molar-refractivity contribution is 6.30. The number of aromatic nitrogens is 2. The summed E-state index contributed by atoms with van der Waals surface area (Å²) in [5.41, 5.74) is 4.69. The Labute approximate surface area is 123 Å². The van der Waals surface area contributed by atoms with E-state index in [9.17, 15) is 0 Å². The molecule has 2 heterocycles. The predicted molar refractivity (Wildman–Crippen MR) is 79.5 cm³/mol. The van der Waals surface area contributed by atoms with Crippen molar-refractivity contribution < 1.29 is 4.74 Å². The molecule has 20 heavy (non-hydrogen) atoms. The highest BCUT2D eigenvalue weighted by Crippen LogP contribution is 2.33. The SMILES string of the molecule is CNCc1cnn(Cc2cc(Cl)cc3c2OCC3)c1C. The average molecular weight is 292 g/mol. The molecular formula is C15H18ClN3O. The minimum atomic E-state index is 0.693. The van der Waals surface area contributed by atoms with Crippen LogP contribution in [0.3, 0.4) is 0 Å². The van der Waals surface area contributed by atoms with Crippen LogP contribution in [-0.4, -0.2) is 23.4 Å². The molecular weight excluding hydrogens is 274 g/mol. The molecule has 0 aliphatic carbocycles. The van der Waals surface area contributed by atoms with Crippen LogP contribution in [0.5, 0.6) is 5.75 Å². The van der Waals surface area contributed by atoms with Crippen LogP contribution < -0.4 is 10.1 Å². The van der Waals surface area contributed by atoms with E-state index < -0.39 is 0 Å². The Balaban J connectivity index is 1.92. The maximum Gasteiger partial charge on any atom is 0.127 e. The van der Waals surface area contributed by atoms with Gasteiger partial charge in [0.25, 0.3) is 0 Å². The summed E-state index contributed by atoms with van der Waals surface area (Å²) in [6.45, 7) is 4.35. The first kappa shape index (κ1) is 13.5. The van der Waals surface area contributed by atoms with Crippen LogP contribution in [-0.2, 0) is 19.5 Å². The number of ether oxygens (including phenoxy) is 1. The molecule has 1 aromatic heterocycles. The second-order valence-electron chi connectivity index (χ2n) is 5.09. The number of benzene rings is 1. The molecule has 106 valence electrons. The minimum absolute atomic E-state index is 0.693. The lowest BCUT2D eigenvalue weighted by atomic mass is 10.1. The van der Waals surface area contributed by atoms with E-state index in [1.165, 1.54) is 16.8 Å². The molecule has 4 nitrogen and oxygen atoms in total. The maximum atomic E-state index is 6.19. The van der Waals surface area contributed by atoms with Gasteiger partial charge in [0.1, 0.15) is 5.75 Å². The van der Waals surface area contributed by atoms with Crippen molar-refractivity contribution in [3.05, 3.63) is 45.7 Å². The highest BCUT2D eigenvalue weighted by Gasteiger charge is 2.18. The third-order valence-electron chi connectivity index (χ3n) is 3.72. The van der Waals surface area contributed by atoms with Gasteiger partial charge in [-0.2, -0.15) is 5.10 Å². The van der Waals surface area contributed by atoms with Crippen LogP contribution in [0.4, 0.5) is 0 Å². The zero-order valence-corrected chi connectivity index (χ0v) is 12.5. The van der Waals surface area contributed by atoms with Gasteiger partial charge in [-0.3, -0.25) is 4.68 Å². The van der Waals surface area contributed by atoms with E-state index in [4.69, 9.17) is 16.3 Å². The summed E-state index contributed by atoms with van der Waals surface area (Å²) in [6.07, 6.45) is 2.85. The molecule has 0 fully saturated rings. The van der Waals surface area contributed by atoms with E-state index >= 15 is 0 Å². The first-order chi connectivity index (χ1) is 9.69. The molecule has 2 aromatic rings. The zero-order chi connectivity index (χ0) is 14.1. The number of hydrogen-bond donors (Lipinski definition) is 1. The van der Waals surface area contributed by atoms with Crippen molar-refractivity contribution in [3.8, 4) is 5.75 Å². The topological polar surface area (TPSA) is 39.1 Å². The fourth-order valence-electron chi connectivity index (χ4n) is 2.63. The lowest BCUT2D eigenvalue weighted by Crippen LogP contribution is -2.08. The van der Waals surface area contributed by atoms with E-state index in [-0.39, 0.29) is 0 Å². The molecule has 0 spiro atoms. The van der Waals surface area contributed by atoms with Gasteiger partial charge in [-0.05, 0) is 31.7 Å². The first-order valence-corrected chi connectivity index (χ1v) is 7.17. The summed E-state index contributed by atoms with van der Waals surface area (Å²) in [4.78, 5) is 0. The average Bonchev–Trinajstić information content (AvgIpc) is 3.00. The van der Waals surface area contributed by atoms with Gasteiger partial charge in [0.05, 0.1) is 19.3 Å². The Bertz CT molecular complexity index is 636. The van der Waals surface area contributed by atoms with Crippen LogP contribution in [0.25, 0.3) is 0 Å². The summed E-state index contributed by atoms with van der Waals surface area (Å²) in [5, 5.41) is 8.38. The fourth-order valence-corrected chi connectivity index (χ4v) is 2.90. The van der Waals surface area contributed by atoms with Gasteiger partial charge in [-0.25, -0.2) is 0 Å². The lowest BCUT2D eigenvalue weighted by Gasteiger charge is -2.11. The standard InChI is InChI=1S/C15H18ClN3O/c1-10-13(7-17-2)8-18-19(10)9-12-6-14(16)5-11-3-4-20-15(11)12/h5-6,8,17H,3-4,7,9H2,1-2H3. The predicted octanol–water partition coefficient (Wildman–Crippen LogP) is 2.55. The van der Waals surface area contributed by atoms with E-state index in [1.807, 2.05) is 30.1 Å². The summed E-state index contributed by atoms with van der Waals surface area (Å²) in [7, 11) is 1.94. The highest BCUT2D eigenvalue weighted by atomic mass is 35.5. The number of rotatable bonds is 4. The molecule has 1 N–H and O–H groups in total. The van der Waals surface area contributed by atoms with Crippen LogP contribution in [0, 0.1) is 6.92 Å². The largest absolute Gasteiger partial charge is 0.493 e. The van der Waals surface area contributed by atoms with Crippen LogP contribution >= 0.6 is 11.6 Å². The molecule has 0 atom stereocenters. The van der Waals surface area contributed by atoms with Crippen molar-refractivity contribution in [2.75, 3.05) is 13.7 Å². The Morgan fingerprint density at radius 1 is 1.40 bits per heavy atom. The molecule has 1 aromatic carbocycles. The minimum Gasteiger partial charge on any atom is -0.493 e. The number of nitrogens with zero attached hydrogens (tertiary/aromatic N) is 2. The van der Waals surface area contributed by atoms with Crippen molar-refractivity contribution in [2.24, 2.45) is 0 Å². The Morgan fingerprint density at radius 2 is 2.25 bits per heavy atom. The first-order valence-electron chi connectivity index (χ1n) is 6.79. The molecule has 0 radical (unpaired) electrons. The van der Waals surface area contributed by atoms with Crippen molar-refractivity contribution in [1.82, 2.24) is 15.1 Å². The molecule has 1 aliphatic heterocycles. The Kier molecular flexibility index (Phi) is 3.68. The van der Waals surface area contributed by atoms with E-state index in [2.05, 4.69) is 17.3 Å². The summed E-state index contributed by atoms with van der Waals surface area (Å²) < 4.78 is 7.74. The van der Waals surface area contributed by atoms with Gasteiger partial charge in [-0.15, -0.1) is 0 Å². The number of halogens is 1. The fraction of sp³-hybridized carbons (Fsp3) is 0.400. The summed E-state index contributed by atoms with van der Waals surface area (Å²) in [6, 6.07) is 3.97. The maximum absolute atomic E-state index is 6.19. The quantitative estimate of drug-likeness (QED) is 0.941. The van der Waals surface area contributed by atoms with E-state index in [0.717, 1.165) is 35.9 Å². The Hall–Kier alpha value is -1.52. The number of nitrogens with one attached hydrogen (secondary N) is 1. The molecule has 5 heteroatoms. The van der Waals surface area contributed by atoms with Gasteiger partial charge >= 0.3 is 0 Å². The monoisotopic (exact) mass is 291 g/mol. The molecule has 1 aliphatic rings. The lowest BCUT2D eigenvalue weighted by molar-refractivity contribution is 0.352. The van der Waals surface area contributed by atoms with Crippen molar-refractivity contribution >= 4 is 11.6 Å². The number of fused-ring (bicyclic) bond motifs is 1. The van der Waals surface area contributed by atoms with Crippen molar-refractivity contribution in [1.29, 1.82) is 0 Å². The molecule has 0 saturated carbocycles. The Morgan fingerprint density at radius 3 is 3.05 bits per heavy atom. The van der Waals surface area contributed by atoms with Crippen LogP contribution in [0.2, 0.25) is 5.02 Å². The van der Waals surface area contributed by atoms with E-state index in [0.29, 0.717) is 6.54 Å². The van der Waals surface area contributed by atoms with Crippen LogP contribution in [0.15, 0.2) is 18.3 Å². The van der Waals surface area contributed by atoms with Crippen LogP contribution in [0.1, 0.15) is 22.4 Å². The normalized spacial score (nSPS) is 13.3. The second kappa shape index (κ2) is 5.46. The van der Waals surface area contributed by atoms with Gasteiger partial charge < -0.3 is 10.1 Å². The van der Waals surface area contributed by atoms with Gasteiger partial charge in [0.15, 0.2) is 0 Å². The molecule has 0 amide bonds. The third kappa shape index (κ3) is 2.41. The molecule has 0 unspecified atom stereocenters. The van der Waals surface area contributed by atoms with Crippen molar-refractivity contribution in [3.63, 3.8) is 0 Å². The molecule has 0 bridgehead atoms. The smallest absolute Gasteiger partial charge is 0.127 e.